The van der Waals surface area contributed by atoms with E-state index in [-0.39, 0.29) is 5.56 Å². The van der Waals surface area contributed by atoms with E-state index >= 15 is 0 Å². The van der Waals surface area contributed by atoms with Crippen molar-refractivity contribution in [3.05, 3.63) is 57.3 Å². The van der Waals surface area contributed by atoms with Crippen LogP contribution in [0.1, 0.15) is 10.4 Å². The summed E-state index contributed by atoms with van der Waals surface area (Å²) >= 11 is 13.3. The Hall–Kier alpha value is -1.04. The number of carbonyl (C=O) groups is 1. The van der Waals surface area contributed by atoms with Gasteiger partial charge in [-0.25, -0.2) is 4.39 Å². The van der Waals surface area contributed by atoms with Gasteiger partial charge in [-0.2, -0.15) is 0 Å². The molecule has 0 spiro atoms. The normalized spacial score (nSPS) is 10.3. The zero-order valence-electron chi connectivity index (χ0n) is 9.45. The topological polar surface area (TPSA) is 29.1 Å². The molecule has 0 atom stereocenters. The maximum atomic E-state index is 13.1. The van der Waals surface area contributed by atoms with Crippen molar-refractivity contribution < 1.29 is 9.18 Å². The molecule has 2 aromatic rings. The monoisotopic (exact) mass is 359 g/mol. The molecule has 0 unspecified atom stereocenters. The molecule has 0 heterocycles. The van der Waals surface area contributed by atoms with Crippen LogP contribution in [0.15, 0.2) is 45.8 Å². The third kappa shape index (κ3) is 3.49. The van der Waals surface area contributed by atoms with Gasteiger partial charge in [-0.3, -0.25) is 4.79 Å². The van der Waals surface area contributed by atoms with E-state index in [1.807, 2.05) is 0 Å². The molecule has 0 saturated carbocycles. The highest BCUT2D eigenvalue weighted by Gasteiger charge is 2.12. The number of amides is 1. The Kier molecular flexibility index (Phi) is 4.50. The van der Waals surface area contributed by atoms with Crippen LogP contribution in [0, 0.1) is 5.82 Å². The third-order valence-corrected chi connectivity index (χ3v) is 3.67. The van der Waals surface area contributed by atoms with Gasteiger partial charge in [-0.05, 0) is 52.3 Å². The van der Waals surface area contributed by atoms with Gasteiger partial charge in [0.1, 0.15) is 5.82 Å². The van der Waals surface area contributed by atoms with Crippen molar-refractivity contribution in [1.82, 2.24) is 0 Å². The quantitative estimate of drug-likeness (QED) is 0.741. The Morgan fingerprint density at radius 1 is 1.26 bits per heavy atom. The van der Waals surface area contributed by atoms with E-state index in [4.69, 9.17) is 11.6 Å². The molecule has 1 N–H and O–H groups in total. The first-order valence-corrected chi connectivity index (χ1v) is 6.84. The second kappa shape index (κ2) is 5.94. The molecular weight excluding hydrogens is 353 g/mol. The van der Waals surface area contributed by atoms with E-state index in [9.17, 15) is 9.18 Å². The number of rotatable bonds is 2. The van der Waals surface area contributed by atoms with Crippen LogP contribution in [0.2, 0.25) is 5.02 Å². The molecule has 6 heteroatoms. The Bertz CT molecular complexity index is 651. The smallest absolute Gasteiger partial charge is 0.257 e. The number of hydrogen-bond acceptors (Lipinski definition) is 2. The van der Waals surface area contributed by atoms with Crippen LogP contribution in [-0.2, 0) is 0 Å². The Labute approximate surface area is 128 Å². The molecule has 0 aliphatic heterocycles. The minimum Gasteiger partial charge on any atom is -0.321 e. The minimum atomic E-state index is -0.437. The lowest BCUT2D eigenvalue weighted by Gasteiger charge is -2.09. The highest BCUT2D eigenvalue weighted by Crippen LogP contribution is 2.25. The van der Waals surface area contributed by atoms with Gasteiger partial charge in [0.05, 0.1) is 16.3 Å². The summed E-state index contributed by atoms with van der Waals surface area (Å²) in [5, 5.41) is 2.90. The summed E-state index contributed by atoms with van der Waals surface area (Å²) in [7, 11) is 0. The number of anilines is 1. The second-order valence-electron chi connectivity index (χ2n) is 3.74. The molecule has 0 saturated heterocycles. The summed E-state index contributed by atoms with van der Waals surface area (Å²) in [5.41, 5.74) is 0.621. The lowest BCUT2D eigenvalue weighted by Crippen LogP contribution is -2.13. The standard InChI is InChI=1S/C13H8BrClFNOS/c14-10-3-1-7(16)5-12(10)17-13(18)9-6-8(19)2-4-11(9)15/h1-6,19H,(H,17,18). The van der Waals surface area contributed by atoms with Crippen molar-refractivity contribution in [3.63, 3.8) is 0 Å². The first kappa shape index (κ1) is 14.4. The van der Waals surface area contributed by atoms with Crippen molar-refractivity contribution >= 4 is 51.8 Å². The van der Waals surface area contributed by atoms with Crippen LogP contribution in [0.3, 0.4) is 0 Å². The van der Waals surface area contributed by atoms with Crippen molar-refractivity contribution in [2.45, 2.75) is 4.90 Å². The van der Waals surface area contributed by atoms with Crippen LogP contribution < -0.4 is 5.32 Å². The highest BCUT2D eigenvalue weighted by molar-refractivity contribution is 9.10. The number of benzene rings is 2. The lowest BCUT2D eigenvalue weighted by molar-refractivity contribution is 0.102. The molecule has 0 radical (unpaired) electrons. The molecule has 98 valence electrons. The van der Waals surface area contributed by atoms with E-state index in [1.165, 1.54) is 18.2 Å². The summed E-state index contributed by atoms with van der Waals surface area (Å²) in [6, 6.07) is 8.84. The summed E-state index contributed by atoms with van der Waals surface area (Å²) < 4.78 is 13.7. The van der Waals surface area contributed by atoms with E-state index in [2.05, 4.69) is 33.9 Å². The van der Waals surface area contributed by atoms with E-state index in [0.717, 1.165) is 0 Å². The zero-order valence-corrected chi connectivity index (χ0v) is 12.7. The van der Waals surface area contributed by atoms with Crippen molar-refractivity contribution in [1.29, 1.82) is 0 Å². The van der Waals surface area contributed by atoms with Gasteiger partial charge < -0.3 is 5.32 Å². The van der Waals surface area contributed by atoms with E-state index in [1.54, 1.807) is 18.2 Å². The van der Waals surface area contributed by atoms with Crippen LogP contribution >= 0.6 is 40.2 Å². The number of hydrogen-bond donors (Lipinski definition) is 2. The molecule has 1 amide bonds. The van der Waals surface area contributed by atoms with Crippen LogP contribution in [0.4, 0.5) is 10.1 Å². The number of carbonyl (C=O) groups excluding carboxylic acids is 1. The summed E-state index contributed by atoms with van der Waals surface area (Å²) in [4.78, 5) is 12.7. The number of nitrogens with one attached hydrogen (secondary N) is 1. The van der Waals surface area contributed by atoms with Gasteiger partial charge in [0.15, 0.2) is 0 Å². The zero-order chi connectivity index (χ0) is 14.0. The molecule has 2 nitrogen and oxygen atoms in total. The first-order chi connectivity index (χ1) is 8.97. The van der Waals surface area contributed by atoms with Gasteiger partial charge in [-0.15, -0.1) is 12.6 Å². The molecule has 19 heavy (non-hydrogen) atoms. The third-order valence-electron chi connectivity index (χ3n) is 2.37. The maximum absolute atomic E-state index is 13.1. The minimum absolute atomic E-state index is 0.283. The second-order valence-corrected chi connectivity index (χ2v) is 5.52. The largest absolute Gasteiger partial charge is 0.321 e. The maximum Gasteiger partial charge on any atom is 0.257 e. The fraction of sp³-hybridized carbons (Fsp3) is 0. The summed E-state index contributed by atoms with van der Waals surface area (Å²) in [6.45, 7) is 0. The van der Waals surface area contributed by atoms with Crippen molar-refractivity contribution in [3.8, 4) is 0 Å². The van der Waals surface area contributed by atoms with Gasteiger partial charge >= 0.3 is 0 Å². The lowest BCUT2D eigenvalue weighted by atomic mass is 10.2. The van der Waals surface area contributed by atoms with Gasteiger partial charge in [0.2, 0.25) is 0 Å². The van der Waals surface area contributed by atoms with Crippen LogP contribution in [0.25, 0.3) is 0 Å². The van der Waals surface area contributed by atoms with E-state index in [0.29, 0.717) is 20.1 Å². The Morgan fingerprint density at radius 2 is 2.00 bits per heavy atom. The summed E-state index contributed by atoms with van der Waals surface area (Å²) in [6.07, 6.45) is 0. The van der Waals surface area contributed by atoms with E-state index < -0.39 is 11.7 Å². The van der Waals surface area contributed by atoms with Gasteiger partial charge in [-0.1, -0.05) is 11.6 Å². The predicted molar refractivity (Wildman–Crippen MR) is 80.8 cm³/mol. The predicted octanol–water partition coefficient (Wildman–Crippen LogP) is 4.78. The molecule has 0 fully saturated rings. The summed E-state index contributed by atoms with van der Waals surface area (Å²) in [5.74, 6) is -0.861. The van der Waals surface area contributed by atoms with Crippen molar-refractivity contribution in [2.75, 3.05) is 5.32 Å². The molecule has 2 aromatic carbocycles. The fourth-order valence-electron chi connectivity index (χ4n) is 1.47. The van der Waals surface area contributed by atoms with Crippen LogP contribution in [0.5, 0.6) is 0 Å². The molecule has 0 bridgehead atoms. The van der Waals surface area contributed by atoms with Gasteiger partial charge in [0, 0.05) is 9.37 Å². The number of thiol groups is 1. The first-order valence-electron chi connectivity index (χ1n) is 5.22. The average molecular weight is 361 g/mol. The Balaban J connectivity index is 2.30. The number of halogens is 3. The SMILES string of the molecule is O=C(Nc1cc(F)ccc1Br)c1cc(S)ccc1Cl. The average Bonchev–Trinajstić information content (AvgIpc) is 2.36. The molecule has 0 aliphatic rings. The van der Waals surface area contributed by atoms with Crippen LogP contribution in [-0.4, -0.2) is 5.91 Å². The van der Waals surface area contributed by atoms with Crippen molar-refractivity contribution in [2.24, 2.45) is 0 Å². The molecular formula is C13H8BrClFNOS. The molecule has 2 rings (SSSR count). The highest BCUT2D eigenvalue weighted by atomic mass is 79.9. The fourth-order valence-corrected chi connectivity index (χ4v) is 2.22. The molecule has 0 aliphatic carbocycles. The van der Waals surface area contributed by atoms with Gasteiger partial charge in [0.25, 0.3) is 5.91 Å². The molecule has 0 aromatic heterocycles. The Morgan fingerprint density at radius 3 is 2.74 bits per heavy atom.